The summed E-state index contributed by atoms with van der Waals surface area (Å²) < 4.78 is 0. The maximum Gasteiger partial charge on any atom is 0.228 e. The van der Waals surface area contributed by atoms with E-state index < -0.39 is 6.10 Å². The highest BCUT2D eigenvalue weighted by atomic mass is 35.5. The van der Waals surface area contributed by atoms with Gasteiger partial charge in [-0.3, -0.25) is 4.79 Å². The normalized spacial score (nSPS) is 14.7. The molecule has 0 spiro atoms. The molecule has 1 aliphatic heterocycles. The molecule has 1 unspecified atom stereocenters. The van der Waals surface area contributed by atoms with Crippen LogP contribution in [0, 0.1) is 0 Å². The monoisotopic (exact) mass is 301 g/mol. The summed E-state index contributed by atoms with van der Waals surface area (Å²) in [5.41, 5.74) is 4.27. The SMILES string of the molecule is CCc1ccc(C(O)c2cc3c(cc2Cl)NC(=O)C3)cc1. The van der Waals surface area contributed by atoms with Crippen LogP contribution in [0.3, 0.4) is 0 Å². The summed E-state index contributed by atoms with van der Waals surface area (Å²) in [5, 5.41) is 13.8. The first-order valence-electron chi connectivity index (χ1n) is 6.97. The van der Waals surface area contributed by atoms with Crippen molar-refractivity contribution in [1.29, 1.82) is 0 Å². The minimum atomic E-state index is -0.788. The smallest absolute Gasteiger partial charge is 0.228 e. The highest BCUT2D eigenvalue weighted by Gasteiger charge is 2.22. The molecular formula is C17H16ClNO2. The van der Waals surface area contributed by atoms with Crippen molar-refractivity contribution in [2.45, 2.75) is 25.9 Å². The van der Waals surface area contributed by atoms with Gasteiger partial charge in [-0.25, -0.2) is 0 Å². The van der Waals surface area contributed by atoms with Gasteiger partial charge in [0.05, 0.1) is 6.42 Å². The zero-order chi connectivity index (χ0) is 15.0. The summed E-state index contributed by atoms with van der Waals surface area (Å²) in [6.07, 6.45) is 0.509. The average Bonchev–Trinajstić information content (AvgIpc) is 2.85. The first-order valence-corrected chi connectivity index (χ1v) is 7.35. The van der Waals surface area contributed by atoms with E-state index in [0.717, 1.165) is 23.2 Å². The number of carbonyl (C=O) groups excluding carboxylic acids is 1. The van der Waals surface area contributed by atoms with Gasteiger partial charge in [0.2, 0.25) is 5.91 Å². The van der Waals surface area contributed by atoms with Gasteiger partial charge in [0, 0.05) is 16.3 Å². The number of benzene rings is 2. The largest absolute Gasteiger partial charge is 0.384 e. The molecule has 3 rings (SSSR count). The lowest BCUT2D eigenvalue weighted by molar-refractivity contribution is -0.115. The number of carbonyl (C=O) groups is 1. The Kier molecular flexibility index (Phi) is 3.70. The third kappa shape index (κ3) is 2.67. The molecule has 1 amide bonds. The van der Waals surface area contributed by atoms with Gasteiger partial charge in [-0.05, 0) is 35.2 Å². The lowest BCUT2D eigenvalue weighted by Gasteiger charge is -2.15. The van der Waals surface area contributed by atoms with Crippen molar-refractivity contribution in [1.82, 2.24) is 0 Å². The second-order valence-corrected chi connectivity index (χ2v) is 5.66. The number of hydrogen-bond acceptors (Lipinski definition) is 2. The number of aliphatic hydroxyl groups is 1. The van der Waals surface area contributed by atoms with Gasteiger partial charge >= 0.3 is 0 Å². The molecule has 0 saturated heterocycles. The van der Waals surface area contributed by atoms with E-state index in [9.17, 15) is 9.90 Å². The van der Waals surface area contributed by atoms with Gasteiger partial charge < -0.3 is 10.4 Å². The first kappa shape index (κ1) is 14.1. The molecule has 4 heteroatoms. The van der Waals surface area contributed by atoms with Gasteiger partial charge in [-0.2, -0.15) is 0 Å². The predicted octanol–water partition coefficient (Wildman–Crippen LogP) is 3.48. The first-order chi connectivity index (χ1) is 10.1. The van der Waals surface area contributed by atoms with E-state index in [1.165, 1.54) is 5.56 Å². The number of fused-ring (bicyclic) bond motifs is 1. The predicted molar refractivity (Wildman–Crippen MR) is 83.7 cm³/mol. The van der Waals surface area contributed by atoms with Crippen LogP contribution in [0.25, 0.3) is 0 Å². The van der Waals surface area contributed by atoms with Crippen molar-refractivity contribution < 1.29 is 9.90 Å². The quantitative estimate of drug-likeness (QED) is 0.912. The summed E-state index contributed by atoms with van der Waals surface area (Å²) in [6, 6.07) is 11.4. The van der Waals surface area contributed by atoms with E-state index in [2.05, 4.69) is 12.2 Å². The third-order valence-corrected chi connectivity index (χ3v) is 4.17. The van der Waals surface area contributed by atoms with Crippen LogP contribution < -0.4 is 5.32 Å². The summed E-state index contributed by atoms with van der Waals surface area (Å²) in [5.74, 6) is -0.0417. The Morgan fingerprint density at radius 1 is 1.29 bits per heavy atom. The van der Waals surface area contributed by atoms with E-state index in [0.29, 0.717) is 17.0 Å². The minimum Gasteiger partial charge on any atom is -0.384 e. The molecule has 2 N–H and O–H groups in total. The van der Waals surface area contributed by atoms with Crippen molar-refractivity contribution in [3.05, 3.63) is 63.7 Å². The molecule has 2 aromatic rings. The van der Waals surface area contributed by atoms with Crippen LogP contribution in [0.15, 0.2) is 36.4 Å². The van der Waals surface area contributed by atoms with Crippen LogP contribution in [0.5, 0.6) is 0 Å². The lowest BCUT2D eigenvalue weighted by atomic mass is 9.97. The zero-order valence-electron chi connectivity index (χ0n) is 11.7. The van der Waals surface area contributed by atoms with E-state index in [1.807, 2.05) is 30.3 Å². The standard InChI is InChI=1S/C17H16ClNO2/c1-2-10-3-5-11(6-4-10)17(21)13-7-12-8-16(20)19-15(12)9-14(13)18/h3-7,9,17,21H,2,8H2,1H3,(H,19,20). The molecular weight excluding hydrogens is 286 g/mol. The van der Waals surface area contributed by atoms with E-state index in [-0.39, 0.29) is 5.91 Å². The maximum atomic E-state index is 11.4. The van der Waals surface area contributed by atoms with Crippen LogP contribution in [0.4, 0.5) is 5.69 Å². The average molecular weight is 302 g/mol. The summed E-state index contributed by atoms with van der Waals surface area (Å²) in [4.78, 5) is 11.4. The number of rotatable bonds is 3. The van der Waals surface area contributed by atoms with Crippen molar-refractivity contribution in [2.24, 2.45) is 0 Å². The van der Waals surface area contributed by atoms with Crippen LogP contribution >= 0.6 is 11.6 Å². The van der Waals surface area contributed by atoms with Gasteiger partial charge in [0.25, 0.3) is 0 Å². The fraction of sp³-hybridized carbons (Fsp3) is 0.235. The topological polar surface area (TPSA) is 49.3 Å². The minimum absolute atomic E-state index is 0.0417. The number of aryl methyl sites for hydroxylation is 1. The number of amides is 1. The number of anilines is 1. The van der Waals surface area contributed by atoms with Crippen LogP contribution in [0.2, 0.25) is 5.02 Å². The molecule has 3 nitrogen and oxygen atoms in total. The zero-order valence-corrected chi connectivity index (χ0v) is 12.4. The maximum absolute atomic E-state index is 11.4. The van der Waals surface area contributed by atoms with E-state index in [4.69, 9.17) is 11.6 Å². The Labute approximate surface area is 128 Å². The number of nitrogens with one attached hydrogen (secondary N) is 1. The second-order valence-electron chi connectivity index (χ2n) is 5.25. The highest BCUT2D eigenvalue weighted by Crippen LogP contribution is 2.35. The van der Waals surface area contributed by atoms with Gasteiger partial charge in [0.15, 0.2) is 0 Å². The Balaban J connectivity index is 1.96. The molecule has 0 aliphatic carbocycles. The molecule has 108 valence electrons. The van der Waals surface area contributed by atoms with Gasteiger partial charge in [-0.15, -0.1) is 0 Å². The number of halogens is 1. The molecule has 2 aromatic carbocycles. The summed E-state index contributed by atoms with van der Waals surface area (Å²) >= 11 is 6.25. The Bertz CT molecular complexity index is 695. The van der Waals surface area contributed by atoms with Crippen molar-refractivity contribution >= 4 is 23.2 Å². The molecule has 0 aromatic heterocycles. The molecule has 0 saturated carbocycles. The fourth-order valence-electron chi connectivity index (χ4n) is 2.59. The van der Waals surface area contributed by atoms with E-state index >= 15 is 0 Å². The molecule has 1 atom stereocenters. The molecule has 0 fully saturated rings. The lowest BCUT2D eigenvalue weighted by Crippen LogP contribution is -2.03. The van der Waals surface area contributed by atoms with Gasteiger partial charge in [-0.1, -0.05) is 42.8 Å². The van der Waals surface area contributed by atoms with Crippen LogP contribution in [0.1, 0.15) is 35.3 Å². The fourth-order valence-corrected chi connectivity index (χ4v) is 2.86. The van der Waals surface area contributed by atoms with Gasteiger partial charge in [0.1, 0.15) is 6.10 Å². The summed E-state index contributed by atoms with van der Waals surface area (Å²) in [7, 11) is 0. The van der Waals surface area contributed by atoms with Crippen LogP contribution in [-0.4, -0.2) is 11.0 Å². The molecule has 0 radical (unpaired) electrons. The number of aliphatic hydroxyl groups excluding tert-OH is 1. The third-order valence-electron chi connectivity index (χ3n) is 3.85. The molecule has 1 aliphatic rings. The number of hydrogen-bond donors (Lipinski definition) is 2. The Hall–Kier alpha value is -1.84. The second kappa shape index (κ2) is 5.51. The Morgan fingerprint density at radius 3 is 2.67 bits per heavy atom. The van der Waals surface area contributed by atoms with Crippen LogP contribution in [-0.2, 0) is 17.6 Å². The van der Waals surface area contributed by atoms with E-state index in [1.54, 1.807) is 6.07 Å². The molecule has 21 heavy (non-hydrogen) atoms. The molecule has 1 heterocycles. The van der Waals surface area contributed by atoms with Crippen molar-refractivity contribution in [3.63, 3.8) is 0 Å². The van der Waals surface area contributed by atoms with Crippen molar-refractivity contribution in [3.8, 4) is 0 Å². The summed E-state index contributed by atoms with van der Waals surface area (Å²) in [6.45, 7) is 2.09. The van der Waals surface area contributed by atoms with Crippen molar-refractivity contribution in [2.75, 3.05) is 5.32 Å². The molecule has 0 bridgehead atoms. The highest BCUT2D eigenvalue weighted by molar-refractivity contribution is 6.32. The Morgan fingerprint density at radius 2 is 2.00 bits per heavy atom.